The van der Waals surface area contributed by atoms with Crippen LogP contribution in [0.25, 0.3) is 10.9 Å². The highest BCUT2D eigenvalue weighted by molar-refractivity contribution is 7.12. The molecule has 5 rings (SSSR count). The van der Waals surface area contributed by atoms with E-state index in [4.69, 9.17) is 4.74 Å². The quantitative estimate of drug-likeness (QED) is 0.628. The van der Waals surface area contributed by atoms with Crippen LogP contribution in [0.15, 0.2) is 41.8 Å². The van der Waals surface area contributed by atoms with Crippen molar-refractivity contribution in [1.29, 1.82) is 5.26 Å². The third kappa shape index (κ3) is 3.59. The van der Waals surface area contributed by atoms with Crippen LogP contribution >= 0.6 is 11.3 Å². The van der Waals surface area contributed by atoms with E-state index in [1.165, 1.54) is 24.2 Å². The second-order valence-corrected chi connectivity index (χ2v) is 8.73. The van der Waals surface area contributed by atoms with Gasteiger partial charge in [0.1, 0.15) is 11.6 Å². The fourth-order valence-corrected chi connectivity index (χ4v) is 4.57. The van der Waals surface area contributed by atoms with Gasteiger partial charge >= 0.3 is 0 Å². The van der Waals surface area contributed by atoms with Gasteiger partial charge in [-0.05, 0) is 36.3 Å². The normalized spacial score (nSPS) is 16.5. The first-order chi connectivity index (χ1) is 14.7. The van der Waals surface area contributed by atoms with E-state index in [0.717, 1.165) is 21.5 Å². The Balaban J connectivity index is 1.44. The summed E-state index contributed by atoms with van der Waals surface area (Å²) in [5.74, 6) is 1.09. The zero-order valence-corrected chi connectivity index (χ0v) is 17.4. The van der Waals surface area contributed by atoms with E-state index in [2.05, 4.69) is 16.0 Å². The Bertz CT molecular complexity index is 1110. The smallest absolute Gasteiger partial charge is 0.264 e. The van der Waals surface area contributed by atoms with Crippen LogP contribution in [0.2, 0.25) is 0 Å². The molecule has 0 bridgehead atoms. The largest absolute Gasteiger partial charge is 0.476 e. The highest BCUT2D eigenvalue weighted by Gasteiger charge is 2.28. The molecule has 0 spiro atoms. The minimum absolute atomic E-state index is 0.0817. The molecule has 0 atom stereocenters. The molecule has 2 aromatic heterocycles. The number of ether oxygens (including phenoxy) is 1. The molecule has 1 saturated carbocycles. The molecule has 152 valence electrons. The average Bonchev–Trinajstić information content (AvgIpc) is 3.46. The van der Waals surface area contributed by atoms with Crippen LogP contribution in [0.1, 0.15) is 28.1 Å². The molecule has 1 aromatic carbocycles. The molecule has 30 heavy (non-hydrogen) atoms. The van der Waals surface area contributed by atoms with Crippen molar-refractivity contribution in [2.75, 3.05) is 37.7 Å². The van der Waals surface area contributed by atoms with Crippen molar-refractivity contribution in [3.05, 3.63) is 52.2 Å². The Morgan fingerprint density at radius 2 is 1.97 bits per heavy atom. The molecule has 1 aliphatic carbocycles. The summed E-state index contributed by atoms with van der Waals surface area (Å²) in [5.41, 5.74) is 2.19. The van der Waals surface area contributed by atoms with Gasteiger partial charge in [-0.25, -0.2) is 4.98 Å². The summed E-state index contributed by atoms with van der Waals surface area (Å²) in [6.07, 6.45) is 2.37. The lowest BCUT2D eigenvalue weighted by Gasteiger charge is -2.37. The second kappa shape index (κ2) is 7.96. The number of fused-ring (bicyclic) bond motifs is 1. The molecule has 0 unspecified atom stereocenters. The Kier molecular flexibility index (Phi) is 5.01. The summed E-state index contributed by atoms with van der Waals surface area (Å²) < 4.78 is 5.98. The predicted octanol–water partition coefficient (Wildman–Crippen LogP) is 3.92. The monoisotopic (exact) mass is 418 g/mol. The van der Waals surface area contributed by atoms with E-state index in [-0.39, 0.29) is 5.91 Å². The summed E-state index contributed by atoms with van der Waals surface area (Å²) in [6, 6.07) is 14.0. The van der Waals surface area contributed by atoms with Crippen molar-refractivity contribution < 1.29 is 9.53 Å². The van der Waals surface area contributed by atoms with Gasteiger partial charge in [-0.15, -0.1) is 11.3 Å². The van der Waals surface area contributed by atoms with Crippen molar-refractivity contribution in [3.63, 3.8) is 0 Å². The molecule has 2 aliphatic rings. The maximum atomic E-state index is 12.7. The molecule has 0 radical (unpaired) electrons. The first-order valence-corrected chi connectivity index (χ1v) is 11.2. The molecule has 1 saturated heterocycles. The van der Waals surface area contributed by atoms with Gasteiger partial charge in [0.15, 0.2) is 0 Å². The Morgan fingerprint density at radius 1 is 1.17 bits per heavy atom. The van der Waals surface area contributed by atoms with Gasteiger partial charge in [-0.1, -0.05) is 24.3 Å². The Hall–Kier alpha value is -3.11. The lowest BCUT2D eigenvalue weighted by Crippen LogP contribution is -2.49. The zero-order chi connectivity index (χ0) is 20.5. The van der Waals surface area contributed by atoms with Crippen LogP contribution in [0.3, 0.4) is 0 Å². The van der Waals surface area contributed by atoms with Gasteiger partial charge in [0.25, 0.3) is 5.91 Å². The number of amides is 1. The van der Waals surface area contributed by atoms with E-state index in [0.29, 0.717) is 50.1 Å². The summed E-state index contributed by atoms with van der Waals surface area (Å²) in [7, 11) is 0. The molecular weight excluding hydrogens is 396 g/mol. The number of hydrogen-bond acceptors (Lipinski definition) is 6. The topological polar surface area (TPSA) is 69.5 Å². The van der Waals surface area contributed by atoms with Crippen molar-refractivity contribution in [2.45, 2.75) is 12.8 Å². The standard InChI is InChI=1S/C23H22N4O2S/c24-14-18-21(26-9-11-27(12-10-26)23(28)20-6-3-13-30-20)17-4-1-2-5-19(17)25-22(18)29-15-16-7-8-16/h1-6,13,16H,7-12,15H2. The molecule has 2 fully saturated rings. The third-order valence-corrected chi connectivity index (χ3v) is 6.57. The average molecular weight is 419 g/mol. The van der Waals surface area contributed by atoms with E-state index >= 15 is 0 Å². The van der Waals surface area contributed by atoms with Crippen LogP contribution in [0.4, 0.5) is 5.69 Å². The number of carbonyl (C=O) groups excluding carboxylic acids is 1. The molecule has 3 heterocycles. The Labute approximate surface area is 179 Å². The Morgan fingerprint density at radius 3 is 2.67 bits per heavy atom. The minimum atomic E-state index is 0.0817. The van der Waals surface area contributed by atoms with E-state index < -0.39 is 0 Å². The highest BCUT2D eigenvalue weighted by atomic mass is 32.1. The first kappa shape index (κ1) is 18.9. The maximum Gasteiger partial charge on any atom is 0.264 e. The lowest BCUT2D eigenvalue weighted by atomic mass is 10.1. The van der Waals surface area contributed by atoms with Gasteiger partial charge < -0.3 is 14.5 Å². The second-order valence-electron chi connectivity index (χ2n) is 7.78. The van der Waals surface area contributed by atoms with Gasteiger partial charge in [-0.3, -0.25) is 4.79 Å². The van der Waals surface area contributed by atoms with Gasteiger partial charge in [0.05, 0.1) is 22.7 Å². The number of piperazine rings is 1. The van der Waals surface area contributed by atoms with Crippen LogP contribution in [-0.2, 0) is 0 Å². The van der Waals surface area contributed by atoms with Crippen LogP contribution < -0.4 is 9.64 Å². The van der Waals surface area contributed by atoms with Crippen molar-refractivity contribution in [3.8, 4) is 11.9 Å². The van der Waals surface area contributed by atoms with Gasteiger partial charge in [0.2, 0.25) is 5.88 Å². The van der Waals surface area contributed by atoms with Gasteiger partial charge in [-0.2, -0.15) is 5.26 Å². The number of nitriles is 1. The zero-order valence-electron chi connectivity index (χ0n) is 16.6. The number of thiophene rings is 1. The summed E-state index contributed by atoms with van der Waals surface area (Å²) in [6.45, 7) is 3.19. The third-order valence-electron chi connectivity index (χ3n) is 5.71. The molecule has 6 nitrogen and oxygen atoms in total. The first-order valence-electron chi connectivity index (χ1n) is 10.3. The molecule has 1 aliphatic heterocycles. The molecular formula is C23H22N4O2S. The maximum absolute atomic E-state index is 12.7. The highest BCUT2D eigenvalue weighted by Crippen LogP contribution is 2.37. The SMILES string of the molecule is N#Cc1c(OCC2CC2)nc2ccccc2c1N1CCN(C(=O)c2cccs2)CC1. The summed E-state index contributed by atoms with van der Waals surface area (Å²) in [4.78, 5) is 22.2. The number of carbonyl (C=O) groups is 1. The number of rotatable bonds is 5. The number of benzene rings is 1. The lowest BCUT2D eigenvalue weighted by molar-refractivity contribution is 0.0751. The number of aromatic nitrogens is 1. The van der Waals surface area contributed by atoms with E-state index in [1.54, 1.807) is 0 Å². The fourth-order valence-electron chi connectivity index (χ4n) is 3.88. The summed E-state index contributed by atoms with van der Waals surface area (Å²) >= 11 is 1.47. The van der Waals surface area contributed by atoms with Crippen LogP contribution in [0, 0.1) is 17.2 Å². The van der Waals surface area contributed by atoms with Crippen LogP contribution in [0.5, 0.6) is 5.88 Å². The minimum Gasteiger partial charge on any atom is -0.476 e. The predicted molar refractivity (Wildman–Crippen MR) is 117 cm³/mol. The van der Waals surface area contributed by atoms with Gasteiger partial charge in [0, 0.05) is 31.6 Å². The molecule has 3 aromatic rings. The fraction of sp³-hybridized carbons (Fsp3) is 0.348. The van der Waals surface area contributed by atoms with Crippen molar-refractivity contribution in [1.82, 2.24) is 9.88 Å². The molecule has 1 amide bonds. The van der Waals surface area contributed by atoms with Crippen LogP contribution in [-0.4, -0.2) is 48.6 Å². The number of hydrogen-bond donors (Lipinski definition) is 0. The number of anilines is 1. The summed E-state index contributed by atoms with van der Waals surface area (Å²) in [5, 5.41) is 12.9. The van der Waals surface area contributed by atoms with Crippen molar-refractivity contribution in [2.24, 2.45) is 5.92 Å². The number of para-hydroxylation sites is 1. The molecule has 7 heteroatoms. The van der Waals surface area contributed by atoms with Crippen molar-refractivity contribution >= 4 is 33.8 Å². The number of pyridine rings is 1. The molecule has 0 N–H and O–H groups in total. The van der Waals surface area contributed by atoms with E-state index in [9.17, 15) is 10.1 Å². The number of nitrogens with zero attached hydrogens (tertiary/aromatic N) is 4. The van der Waals surface area contributed by atoms with E-state index in [1.807, 2.05) is 46.7 Å².